The minimum absolute atomic E-state index is 0.299. The Morgan fingerprint density at radius 1 is 0.739 bits per heavy atom. The summed E-state index contributed by atoms with van der Waals surface area (Å²) in [6.07, 6.45) is 0.897. The van der Waals surface area contributed by atoms with Crippen molar-refractivity contribution < 1.29 is 18.1 Å². The van der Waals surface area contributed by atoms with Crippen molar-refractivity contribution in [3.63, 3.8) is 0 Å². The van der Waals surface area contributed by atoms with Crippen molar-refractivity contribution >= 4 is 7.82 Å². The second-order valence-corrected chi connectivity index (χ2v) is 8.21. The molecule has 0 aliphatic heterocycles. The van der Waals surface area contributed by atoms with Gasteiger partial charge >= 0.3 is 7.82 Å². The molecule has 3 atom stereocenters. The Hall–Kier alpha value is -0.670. The summed E-state index contributed by atoms with van der Waals surface area (Å²) in [5.74, 6) is 0. The summed E-state index contributed by atoms with van der Waals surface area (Å²) in [7, 11) is -3.68. The van der Waals surface area contributed by atoms with E-state index in [1.165, 1.54) is 0 Å². The molecule has 0 aliphatic carbocycles. The van der Waals surface area contributed by atoms with Crippen LogP contribution in [0, 0.1) is 0 Å². The lowest BCUT2D eigenvalue weighted by Gasteiger charge is -2.27. The first-order valence-electron chi connectivity index (χ1n) is 8.02. The molecule has 5 heteroatoms. The van der Waals surface area contributed by atoms with Crippen molar-refractivity contribution in [2.24, 2.45) is 0 Å². The Balaban J connectivity index is 5.01. The van der Waals surface area contributed by atoms with Gasteiger partial charge in [-0.3, -0.25) is 13.6 Å². The van der Waals surface area contributed by atoms with E-state index in [0.717, 1.165) is 16.7 Å². The summed E-state index contributed by atoms with van der Waals surface area (Å²) >= 11 is 0. The van der Waals surface area contributed by atoms with E-state index in [-0.39, 0.29) is 18.3 Å². The van der Waals surface area contributed by atoms with Crippen LogP contribution in [0.15, 0.2) is 36.5 Å². The normalized spacial score (nSPS) is 17.8. The van der Waals surface area contributed by atoms with Gasteiger partial charge in [0.25, 0.3) is 0 Å². The van der Waals surface area contributed by atoms with Gasteiger partial charge < -0.3 is 0 Å². The molecule has 0 saturated heterocycles. The zero-order chi connectivity index (χ0) is 18.2. The summed E-state index contributed by atoms with van der Waals surface area (Å²) in [6, 6.07) is 0. The molecule has 134 valence electrons. The topological polar surface area (TPSA) is 44.8 Å². The SMILES string of the molecule is C=C(C)CC(C)OP(=O)(OC(C)CC(=C)C)OC(C)CC(=C)C. The highest BCUT2D eigenvalue weighted by Gasteiger charge is 2.33. The highest BCUT2D eigenvalue weighted by atomic mass is 31.2. The van der Waals surface area contributed by atoms with Gasteiger partial charge in [-0.2, -0.15) is 0 Å². The molecule has 0 fully saturated rings. The molecule has 3 unspecified atom stereocenters. The van der Waals surface area contributed by atoms with E-state index in [4.69, 9.17) is 13.6 Å². The average Bonchev–Trinajstić information content (AvgIpc) is 2.22. The van der Waals surface area contributed by atoms with Crippen molar-refractivity contribution in [3.8, 4) is 0 Å². The fourth-order valence-electron chi connectivity index (χ4n) is 2.32. The summed E-state index contributed by atoms with van der Waals surface area (Å²) in [4.78, 5) is 0. The van der Waals surface area contributed by atoms with Gasteiger partial charge in [-0.25, -0.2) is 4.57 Å². The first kappa shape index (κ1) is 22.3. The molecule has 23 heavy (non-hydrogen) atoms. The summed E-state index contributed by atoms with van der Waals surface area (Å²) in [5, 5.41) is 0. The van der Waals surface area contributed by atoms with Crippen molar-refractivity contribution in [2.75, 3.05) is 0 Å². The molecule has 0 spiro atoms. The van der Waals surface area contributed by atoms with E-state index >= 15 is 0 Å². The number of hydrogen-bond donors (Lipinski definition) is 0. The summed E-state index contributed by atoms with van der Waals surface area (Å²) < 4.78 is 30.0. The maximum atomic E-state index is 13.0. The molecule has 0 heterocycles. The van der Waals surface area contributed by atoms with Crippen LogP contribution in [-0.4, -0.2) is 18.3 Å². The Bertz CT molecular complexity index is 403. The lowest BCUT2D eigenvalue weighted by atomic mass is 10.2. The van der Waals surface area contributed by atoms with Crippen LogP contribution in [0.5, 0.6) is 0 Å². The predicted octanol–water partition coefficient (Wildman–Crippen LogP) is 6.21. The van der Waals surface area contributed by atoms with E-state index in [1.807, 2.05) is 41.5 Å². The van der Waals surface area contributed by atoms with E-state index in [9.17, 15) is 4.57 Å². The molecule has 0 radical (unpaired) electrons. The van der Waals surface area contributed by atoms with Crippen molar-refractivity contribution in [1.29, 1.82) is 0 Å². The van der Waals surface area contributed by atoms with Gasteiger partial charge in [0.15, 0.2) is 0 Å². The zero-order valence-corrected chi connectivity index (χ0v) is 16.4. The number of phosphoric ester groups is 1. The molecular weight excluding hydrogens is 311 g/mol. The van der Waals surface area contributed by atoms with Gasteiger partial charge in [0.1, 0.15) is 0 Å². The molecule has 0 N–H and O–H groups in total. The molecule has 0 aromatic heterocycles. The lowest BCUT2D eigenvalue weighted by Crippen LogP contribution is -2.18. The fraction of sp³-hybridized carbons (Fsp3) is 0.667. The monoisotopic (exact) mass is 344 g/mol. The third-order valence-corrected chi connectivity index (χ3v) is 4.69. The van der Waals surface area contributed by atoms with Crippen LogP contribution in [0.25, 0.3) is 0 Å². The van der Waals surface area contributed by atoms with Crippen LogP contribution in [-0.2, 0) is 18.1 Å². The minimum atomic E-state index is -3.68. The summed E-state index contributed by atoms with van der Waals surface area (Å²) in [5.41, 5.74) is 2.86. The number of phosphoric acid groups is 1. The first-order valence-corrected chi connectivity index (χ1v) is 9.48. The van der Waals surface area contributed by atoms with Gasteiger partial charge in [0.2, 0.25) is 0 Å². The maximum Gasteiger partial charge on any atom is 0.475 e. The fourth-order valence-corrected chi connectivity index (χ4v) is 4.01. The third-order valence-electron chi connectivity index (χ3n) is 2.83. The molecular formula is C18H33O4P. The van der Waals surface area contributed by atoms with Gasteiger partial charge in [0, 0.05) is 0 Å². The maximum absolute atomic E-state index is 13.0. The van der Waals surface area contributed by atoms with Crippen molar-refractivity contribution in [3.05, 3.63) is 36.5 Å². The Kier molecular flexibility index (Phi) is 9.95. The first-order chi connectivity index (χ1) is 10.4. The van der Waals surface area contributed by atoms with Crippen LogP contribution in [0.3, 0.4) is 0 Å². The Morgan fingerprint density at radius 3 is 1.13 bits per heavy atom. The van der Waals surface area contributed by atoms with Crippen LogP contribution in [0.2, 0.25) is 0 Å². The lowest BCUT2D eigenvalue weighted by molar-refractivity contribution is 0.0438. The van der Waals surface area contributed by atoms with Gasteiger partial charge in [-0.1, -0.05) is 16.7 Å². The van der Waals surface area contributed by atoms with Crippen LogP contribution < -0.4 is 0 Å². The molecule has 4 nitrogen and oxygen atoms in total. The van der Waals surface area contributed by atoms with E-state index < -0.39 is 7.82 Å². The van der Waals surface area contributed by atoms with E-state index in [1.54, 1.807) is 0 Å². The van der Waals surface area contributed by atoms with Crippen LogP contribution >= 0.6 is 7.82 Å². The van der Waals surface area contributed by atoms with E-state index in [0.29, 0.717) is 19.3 Å². The quantitative estimate of drug-likeness (QED) is 0.312. The summed E-state index contributed by atoms with van der Waals surface area (Å²) in [6.45, 7) is 22.8. The smallest absolute Gasteiger partial charge is 0.283 e. The predicted molar refractivity (Wildman–Crippen MR) is 97.5 cm³/mol. The third kappa shape index (κ3) is 11.5. The molecule has 0 saturated carbocycles. The highest BCUT2D eigenvalue weighted by molar-refractivity contribution is 7.48. The largest absolute Gasteiger partial charge is 0.475 e. The standard InChI is InChI=1S/C18H33O4P/c1-13(2)10-16(7)20-23(19,21-17(8)11-14(3)4)22-18(9)12-15(5)6/h16-18H,1,3,5,10-12H2,2,4,6-9H3. The second-order valence-electron chi connectivity index (χ2n) is 6.68. The molecule has 0 rings (SSSR count). The number of hydrogen-bond acceptors (Lipinski definition) is 4. The van der Waals surface area contributed by atoms with Crippen LogP contribution in [0.4, 0.5) is 0 Å². The highest BCUT2D eigenvalue weighted by Crippen LogP contribution is 2.54. The minimum Gasteiger partial charge on any atom is -0.283 e. The Morgan fingerprint density at radius 2 is 0.957 bits per heavy atom. The van der Waals surface area contributed by atoms with Crippen LogP contribution in [0.1, 0.15) is 60.8 Å². The van der Waals surface area contributed by atoms with Crippen molar-refractivity contribution in [1.82, 2.24) is 0 Å². The zero-order valence-electron chi connectivity index (χ0n) is 15.6. The number of rotatable bonds is 12. The molecule has 0 amide bonds. The van der Waals surface area contributed by atoms with Gasteiger partial charge in [-0.05, 0) is 60.8 Å². The molecule has 0 aromatic carbocycles. The molecule has 0 aromatic rings. The Labute approximate surface area is 142 Å². The average molecular weight is 344 g/mol. The molecule has 0 bridgehead atoms. The van der Waals surface area contributed by atoms with Gasteiger partial charge in [0.05, 0.1) is 18.3 Å². The van der Waals surface area contributed by atoms with Crippen molar-refractivity contribution in [2.45, 2.75) is 79.1 Å². The van der Waals surface area contributed by atoms with Gasteiger partial charge in [-0.15, -0.1) is 19.7 Å². The molecule has 0 aliphatic rings. The van der Waals surface area contributed by atoms with E-state index in [2.05, 4.69) is 19.7 Å². The second kappa shape index (κ2) is 10.2.